The minimum Gasteiger partial charge on any atom is -0.343 e. The van der Waals surface area contributed by atoms with E-state index in [0.29, 0.717) is 31.0 Å². The second-order valence-corrected chi connectivity index (χ2v) is 8.90. The molecule has 0 saturated carbocycles. The van der Waals surface area contributed by atoms with Crippen LogP contribution in [0.15, 0.2) is 65.7 Å². The van der Waals surface area contributed by atoms with Crippen LogP contribution in [0.2, 0.25) is 0 Å². The SMILES string of the molecule is Cc1cc(=O)c(C(=O)N2CCCC(C)C2)c(CCc2ccccc2)n1Cc1ccncc1. The summed E-state index contributed by atoms with van der Waals surface area (Å²) in [7, 11) is 0. The maximum atomic E-state index is 13.6. The molecule has 1 saturated heterocycles. The number of amides is 1. The first-order valence-electron chi connectivity index (χ1n) is 11.5. The van der Waals surface area contributed by atoms with Crippen molar-refractivity contribution in [2.75, 3.05) is 13.1 Å². The third-order valence-corrected chi connectivity index (χ3v) is 6.37. The summed E-state index contributed by atoms with van der Waals surface area (Å²) in [6.07, 6.45) is 7.08. The molecule has 1 amide bonds. The number of piperidine rings is 1. The Labute approximate surface area is 189 Å². The number of hydrogen-bond donors (Lipinski definition) is 0. The van der Waals surface area contributed by atoms with Gasteiger partial charge in [0.1, 0.15) is 5.56 Å². The lowest BCUT2D eigenvalue weighted by molar-refractivity contribution is 0.0679. The van der Waals surface area contributed by atoms with Crippen molar-refractivity contribution < 1.29 is 4.79 Å². The lowest BCUT2D eigenvalue weighted by Crippen LogP contribution is -2.42. The first-order valence-corrected chi connectivity index (χ1v) is 11.5. The third-order valence-electron chi connectivity index (χ3n) is 6.37. The van der Waals surface area contributed by atoms with Gasteiger partial charge < -0.3 is 9.47 Å². The number of aromatic nitrogens is 2. The van der Waals surface area contributed by atoms with E-state index in [4.69, 9.17) is 0 Å². The highest BCUT2D eigenvalue weighted by Gasteiger charge is 2.27. The van der Waals surface area contributed by atoms with Crippen molar-refractivity contribution in [3.8, 4) is 0 Å². The molecule has 1 aliphatic rings. The first kappa shape index (κ1) is 22.0. The molecule has 1 aromatic carbocycles. The van der Waals surface area contributed by atoms with Gasteiger partial charge in [0.25, 0.3) is 5.91 Å². The number of carbonyl (C=O) groups excluding carboxylic acids is 1. The lowest BCUT2D eigenvalue weighted by atomic mass is 9.97. The molecule has 3 aromatic rings. The molecule has 3 heterocycles. The van der Waals surface area contributed by atoms with E-state index >= 15 is 0 Å². The second-order valence-electron chi connectivity index (χ2n) is 8.90. The van der Waals surface area contributed by atoms with E-state index in [0.717, 1.165) is 42.8 Å². The van der Waals surface area contributed by atoms with Crippen LogP contribution in [-0.4, -0.2) is 33.4 Å². The van der Waals surface area contributed by atoms with Gasteiger partial charge in [-0.05, 0) is 61.8 Å². The summed E-state index contributed by atoms with van der Waals surface area (Å²) in [6, 6.07) is 15.8. The van der Waals surface area contributed by atoms with Gasteiger partial charge in [-0.1, -0.05) is 37.3 Å². The maximum absolute atomic E-state index is 13.6. The van der Waals surface area contributed by atoms with Gasteiger partial charge in [-0.2, -0.15) is 0 Å². The van der Waals surface area contributed by atoms with Crippen LogP contribution in [0.5, 0.6) is 0 Å². The number of aryl methyl sites for hydroxylation is 2. The zero-order chi connectivity index (χ0) is 22.5. The number of pyridine rings is 2. The summed E-state index contributed by atoms with van der Waals surface area (Å²) < 4.78 is 2.14. The first-order chi connectivity index (χ1) is 15.5. The van der Waals surface area contributed by atoms with Crippen LogP contribution in [-0.2, 0) is 19.4 Å². The predicted molar refractivity (Wildman–Crippen MR) is 127 cm³/mol. The van der Waals surface area contributed by atoms with Crippen molar-refractivity contribution >= 4 is 5.91 Å². The minimum atomic E-state index is -0.167. The molecule has 1 atom stereocenters. The molecule has 5 heteroatoms. The molecule has 32 heavy (non-hydrogen) atoms. The number of nitrogens with zero attached hydrogens (tertiary/aromatic N) is 3. The Balaban J connectivity index is 1.76. The van der Waals surface area contributed by atoms with Crippen molar-refractivity contribution in [2.45, 2.75) is 46.1 Å². The van der Waals surface area contributed by atoms with E-state index in [1.807, 2.05) is 42.2 Å². The molecular weight excluding hydrogens is 398 g/mol. The Kier molecular flexibility index (Phi) is 6.84. The van der Waals surface area contributed by atoms with Crippen molar-refractivity contribution in [1.29, 1.82) is 0 Å². The van der Waals surface area contributed by atoms with Crippen LogP contribution < -0.4 is 5.43 Å². The quantitative estimate of drug-likeness (QED) is 0.588. The molecule has 166 valence electrons. The van der Waals surface area contributed by atoms with Gasteiger partial charge in [-0.3, -0.25) is 14.6 Å². The average Bonchev–Trinajstić information content (AvgIpc) is 2.80. The monoisotopic (exact) mass is 429 g/mol. The van der Waals surface area contributed by atoms with Gasteiger partial charge in [0.15, 0.2) is 5.43 Å². The van der Waals surface area contributed by atoms with Crippen molar-refractivity contribution in [1.82, 2.24) is 14.5 Å². The fraction of sp³-hybridized carbons (Fsp3) is 0.370. The number of benzene rings is 1. The normalized spacial score (nSPS) is 16.2. The Morgan fingerprint density at radius 3 is 2.53 bits per heavy atom. The average molecular weight is 430 g/mol. The lowest BCUT2D eigenvalue weighted by Gasteiger charge is -2.32. The van der Waals surface area contributed by atoms with Crippen LogP contribution >= 0.6 is 0 Å². The number of likely N-dealkylation sites (tertiary alicyclic amines) is 1. The van der Waals surface area contributed by atoms with E-state index < -0.39 is 0 Å². The van der Waals surface area contributed by atoms with Gasteiger partial charge in [0.05, 0.1) is 0 Å². The van der Waals surface area contributed by atoms with Crippen LogP contribution in [0.3, 0.4) is 0 Å². The summed E-state index contributed by atoms with van der Waals surface area (Å²) in [4.78, 5) is 32.8. The van der Waals surface area contributed by atoms with Crippen molar-refractivity contribution in [2.24, 2.45) is 5.92 Å². The smallest absolute Gasteiger partial charge is 0.259 e. The Morgan fingerprint density at radius 1 is 1.06 bits per heavy atom. The molecule has 0 N–H and O–H groups in total. The molecule has 0 bridgehead atoms. The standard InChI is InChI=1S/C27H31N3O2/c1-20-7-6-16-29(18-20)27(32)26-24(11-10-22-8-4-3-5-9-22)30(21(2)17-25(26)31)19-23-12-14-28-15-13-23/h3-5,8-9,12-15,17,20H,6-7,10-11,16,18-19H2,1-2H3. The fourth-order valence-corrected chi connectivity index (χ4v) is 4.65. The van der Waals surface area contributed by atoms with E-state index in [1.165, 1.54) is 5.56 Å². The largest absolute Gasteiger partial charge is 0.343 e. The highest BCUT2D eigenvalue weighted by Crippen LogP contribution is 2.21. The molecule has 5 nitrogen and oxygen atoms in total. The predicted octanol–water partition coefficient (Wildman–Crippen LogP) is 4.26. The number of carbonyl (C=O) groups is 1. The Hall–Kier alpha value is -3.21. The third kappa shape index (κ3) is 4.98. The van der Waals surface area contributed by atoms with Gasteiger partial charge >= 0.3 is 0 Å². The van der Waals surface area contributed by atoms with Crippen LogP contribution in [0, 0.1) is 12.8 Å². The molecule has 1 unspecified atom stereocenters. The summed E-state index contributed by atoms with van der Waals surface area (Å²) in [5.41, 5.74) is 4.17. The van der Waals surface area contributed by atoms with Gasteiger partial charge in [-0.15, -0.1) is 0 Å². The summed E-state index contributed by atoms with van der Waals surface area (Å²) >= 11 is 0. The Morgan fingerprint density at radius 2 is 1.81 bits per heavy atom. The van der Waals surface area contributed by atoms with E-state index in [2.05, 4.69) is 28.6 Å². The van der Waals surface area contributed by atoms with E-state index in [1.54, 1.807) is 18.5 Å². The highest BCUT2D eigenvalue weighted by molar-refractivity contribution is 5.95. The molecule has 0 radical (unpaired) electrons. The molecule has 2 aromatic heterocycles. The van der Waals surface area contributed by atoms with Crippen LogP contribution in [0.1, 0.15) is 52.6 Å². The molecule has 4 rings (SSSR count). The zero-order valence-electron chi connectivity index (χ0n) is 19.0. The Bertz CT molecular complexity index is 1120. The molecule has 1 aliphatic heterocycles. The fourth-order valence-electron chi connectivity index (χ4n) is 4.65. The van der Waals surface area contributed by atoms with E-state index in [-0.39, 0.29) is 11.3 Å². The van der Waals surface area contributed by atoms with Crippen LogP contribution in [0.4, 0.5) is 0 Å². The topological polar surface area (TPSA) is 55.2 Å². The van der Waals surface area contributed by atoms with Crippen molar-refractivity contribution in [3.05, 3.63) is 99.2 Å². The number of hydrogen-bond acceptors (Lipinski definition) is 3. The van der Waals surface area contributed by atoms with Gasteiger partial charge in [0, 0.05) is 49.5 Å². The molecule has 0 spiro atoms. The van der Waals surface area contributed by atoms with Crippen LogP contribution in [0.25, 0.3) is 0 Å². The second kappa shape index (κ2) is 9.94. The molecule has 0 aliphatic carbocycles. The highest BCUT2D eigenvalue weighted by atomic mass is 16.2. The van der Waals surface area contributed by atoms with Gasteiger partial charge in [0.2, 0.25) is 0 Å². The maximum Gasteiger partial charge on any atom is 0.259 e. The van der Waals surface area contributed by atoms with Crippen molar-refractivity contribution in [3.63, 3.8) is 0 Å². The molecule has 1 fully saturated rings. The summed E-state index contributed by atoms with van der Waals surface area (Å²) in [5.74, 6) is 0.345. The summed E-state index contributed by atoms with van der Waals surface area (Å²) in [5, 5.41) is 0. The zero-order valence-corrected chi connectivity index (χ0v) is 19.0. The number of rotatable bonds is 6. The minimum absolute atomic E-state index is 0.118. The summed E-state index contributed by atoms with van der Waals surface area (Å²) in [6.45, 7) is 6.17. The molecular formula is C27H31N3O2. The van der Waals surface area contributed by atoms with Gasteiger partial charge in [-0.25, -0.2) is 0 Å². The van der Waals surface area contributed by atoms with E-state index in [9.17, 15) is 9.59 Å².